The van der Waals surface area contributed by atoms with Gasteiger partial charge >= 0.3 is 0 Å². The van der Waals surface area contributed by atoms with E-state index >= 15 is 0 Å². The van der Waals surface area contributed by atoms with Gasteiger partial charge in [-0.3, -0.25) is 4.79 Å². The Labute approximate surface area is 123 Å². The van der Waals surface area contributed by atoms with Crippen molar-refractivity contribution in [3.63, 3.8) is 0 Å². The van der Waals surface area contributed by atoms with Gasteiger partial charge in [0.2, 0.25) is 0 Å². The SMILES string of the molecule is O=COc1ccc(-n2nc3cc(Cl)cc(Cl)c3n2)cc1. The quantitative estimate of drug-likeness (QED) is 0.697. The number of ether oxygens (including phenoxy) is 1. The summed E-state index contributed by atoms with van der Waals surface area (Å²) in [4.78, 5) is 11.7. The second kappa shape index (κ2) is 5.11. The molecule has 0 aliphatic heterocycles. The monoisotopic (exact) mass is 307 g/mol. The van der Waals surface area contributed by atoms with Crippen LogP contribution in [0.2, 0.25) is 10.0 Å². The van der Waals surface area contributed by atoms with Gasteiger partial charge < -0.3 is 4.74 Å². The normalized spacial score (nSPS) is 10.7. The van der Waals surface area contributed by atoms with E-state index in [0.29, 0.717) is 39.0 Å². The van der Waals surface area contributed by atoms with Crippen molar-refractivity contribution in [1.82, 2.24) is 15.0 Å². The highest BCUT2D eigenvalue weighted by molar-refractivity contribution is 6.38. The Hall–Kier alpha value is -2.11. The third kappa shape index (κ3) is 2.33. The predicted molar refractivity (Wildman–Crippen MR) is 75.6 cm³/mol. The van der Waals surface area contributed by atoms with Gasteiger partial charge in [0.1, 0.15) is 16.8 Å². The lowest BCUT2D eigenvalue weighted by Crippen LogP contribution is -1.98. The fourth-order valence-electron chi connectivity index (χ4n) is 1.78. The van der Waals surface area contributed by atoms with Crippen LogP contribution in [-0.2, 0) is 4.79 Å². The summed E-state index contributed by atoms with van der Waals surface area (Å²) >= 11 is 12.0. The lowest BCUT2D eigenvalue weighted by molar-refractivity contribution is -0.120. The van der Waals surface area contributed by atoms with Gasteiger partial charge in [0, 0.05) is 5.02 Å². The first-order valence-electron chi connectivity index (χ1n) is 5.60. The topological polar surface area (TPSA) is 57.0 Å². The van der Waals surface area contributed by atoms with E-state index in [9.17, 15) is 4.79 Å². The Kier molecular flexibility index (Phi) is 3.30. The van der Waals surface area contributed by atoms with E-state index in [0.717, 1.165) is 0 Å². The summed E-state index contributed by atoms with van der Waals surface area (Å²) in [6.07, 6.45) is 0. The van der Waals surface area contributed by atoms with Crippen molar-refractivity contribution >= 4 is 40.7 Å². The number of halogens is 2. The Morgan fingerprint density at radius 3 is 2.55 bits per heavy atom. The summed E-state index contributed by atoms with van der Waals surface area (Å²) in [5, 5.41) is 9.56. The summed E-state index contributed by atoms with van der Waals surface area (Å²) in [7, 11) is 0. The Balaban J connectivity index is 2.05. The molecule has 0 unspecified atom stereocenters. The van der Waals surface area contributed by atoms with Crippen molar-refractivity contribution in [3.05, 3.63) is 46.4 Å². The van der Waals surface area contributed by atoms with Crippen LogP contribution in [0.1, 0.15) is 0 Å². The molecule has 0 atom stereocenters. The summed E-state index contributed by atoms with van der Waals surface area (Å²) in [5.41, 5.74) is 1.90. The van der Waals surface area contributed by atoms with Crippen molar-refractivity contribution in [2.75, 3.05) is 0 Å². The molecule has 0 bridgehead atoms. The molecule has 0 amide bonds. The molecule has 0 saturated heterocycles. The summed E-state index contributed by atoms with van der Waals surface area (Å²) in [6, 6.07) is 10.1. The molecule has 5 nitrogen and oxygen atoms in total. The van der Waals surface area contributed by atoms with Gasteiger partial charge in [0.05, 0.1) is 10.7 Å². The first-order chi connectivity index (χ1) is 9.67. The van der Waals surface area contributed by atoms with Crippen LogP contribution >= 0.6 is 23.2 Å². The molecule has 2 aromatic carbocycles. The van der Waals surface area contributed by atoms with Crippen LogP contribution in [0.3, 0.4) is 0 Å². The van der Waals surface area contributed by atoms with Crippen LogP contribution in [0, 0.1) is 0 Å². The number of benzene rings is 2. The first kappa shape index (κ1) is 12.9. The van der Waals surface area contributed by atoms with E-state index in [-0.39, 0.29) is 0 Å². The zero-order valence-electron chi connectivity index (χ0n) is 9.96. The van der Waals surface area contributed by atoms with Crippen molar-refractivity contribution < 1.29 is 9.53 Å². The largest absolute Gasteiger partial charge is 0.429 e. The van der Waals surface area contributed by atoms with Gasteiger partial charge in [0.15, 0.2) is 0 Å². The fraction of sp³-hybridized carbons (Fsp3) is 0. The molecule has 0 saturated carbocycles. The zero-order valence-corrected chi connectivity index (χ0v) is 11.5. The maximum Gasteiger partial charge on any atom is 0.298 e. The van der Waals surface area contributed by atoms with Crippen molar-refractivity contribution in [3.8, 4) is 11.4 Å². The van der Waals surface area contributed by atoms with Gasteiger partial charge in [0.25, 0.3) is 6.47 Å². The van der Waals surface area contributed by atoms with Crippen molar-refractivity contribution in [1.29, 1.82) is 0 Å². The molecular formula is C13H7Cl2N3O2. The Morgan fingerprint density at radius 1 is 1.10 bits per heavy atom. The molecule has 7 heteroatoms. The molecule has 1 aromatic heterocycles. The number of aromatic nitrogens is 3. The third-order valence-corrected chi connectivity index (χ3v) is 3.16. The van der Waals surface area contributed by atoms with Crippen LogP contribution in [0.25, 0.3) is 16.7 Å². The maximum absolute atomic E-state index is 10.2. The molecule has 0 spiro atoms. The molecule has 0 N–H and O–H groups in total. The Bertz CT molecular complexity index is 784. The summed E-state index contributed by atoms with van der Waals surface area (Å²) in [5.74, 6) is 0.446. The number of carbonyl (C=O) groups excluding carboxylic acids is 1. The molecule has 3 rings (SSSR count). The van der Waals surface area contributed by atoms with E-state index in [1.807, 2.05) is 0 Å². The first-order valence-corrected chi connectivity index (χ1v) is 6.36. The molecule has 100 valence electrons. The van der Waals surface area contributed by atoms with Gasteiger partial charge in [-0.2, -0.15) is 4.80 Å². The van der Waals surface area contributed by atoms with Crippen LogP contribution in [0.15, 0.2) is 36.4 Å². The van der Waals surface area contributed by atoms with Gasteiger partial charge in [-0.05, 0) is 36.4 Å². The van der Waals surface area contributed by atoms with Crippen molar-refractivity contribution in [2.24, 2.45) is 0 Å². The molecule has 3 aromatic rings. The summed E-state index contributed by atoms with van der Waals surface area (Å²) in [6.45, 7) is 0.372. The average Bonchev–Trinajstić information content (AvgIpc) is 2.84. The molecular weight excluding hydrogens is 301 g/mol. The second-order valence-corrected chi connectivity index (χ2v) is 4.80. The van der Waals surface area contributed by atoms with Gasteiger partial charge in [-0.15, -0.1) is 10.2 Å². The molecule has 1 heterocycles. The minimum absolute atomic E-state index is 0.372. The molecule has 0 aliphatic carbocycles. The van der Waals surface area contributed by atoms with Gasteiger partial charge in [-0.25, -0.2) is 0 Å². The number of fused-ring (bicyclic) bond motifs is 1. The van der Waals surface area contributed by atoms with Crippen LogP contribution < -0.4 is 4.74 Å². The van der Waals surface area contributed by atoms with Crippen molar-refractivity contribution in [2.45, 2.75) is 0 Å². The Morgan fingerprint density at radius 2 is 1.85 bits per heavy atom. The highest BCUT2D eigenvalue weighted by Gasteiger charge is 2.09. The van der Waals surface area contributed by atoms with E-state index in [1.54, 1.807) is 36.4 Å². The summed E-state index contributed by atoms with van der Waals surface area (Å²) < 4.78 is 4.72. The van der Waals surface area contributed by atoms with E-state index in [1.165, 1.54) is 4.80 Å². The zero-order chi connectivity index (χ0) is 14.1. The number of carbonyl (C=O) groups is 1. The number of hydrogen-bond donors (Lipinski definition) is 0. The van der Waals surface area contributed by atoms with Crippen LogP contribution in [0.4, 0.5) is 0 Å². The predicted octanol–water partition coefficient (Wildman–Crippen LogP) is 3.26. The van der Waals surface area contributed by atoms with Crippen LogP contribution in [0.5, 0.6) is 5.75 Å². The molecule has 0 fully saturated rings. The van der Waals surface area contributed by atoms with E-state index in [4.69, 9.17) is 27.9 Å². The average molecular weight is 308 g/mol. The second-order valence-electron chi connectivity index (χ2n) is 3.95. The standard InChI is InChI=1S/C13H7Cl2N3O2/c14-8-5-11(15)13-12(6-8)16-18(17-13)9-1-3-10(4-2-9)20-7-19/h1-7H. The number of nitrogens with zero attached hydrogens (tertiary/aromatic N) is 3. The fourth-order valence-corrected chi connectivity index (χ4v) is 2.30. The molecule has 0 aliphatic rings. The van der Waals surface area contributed by atoms with E-state index < -0.39 is 0 Å². The minimum atomic E-state index is 0.372. The van der Waals surface area contributed by atoms with Gasteiger partial charge in [-0.1, -0.05) is 23.2 Å². The maximum atomic E-state index is 10.2. The molecule has 0 radical (unpaired) electrons. The highest BCUT2D eigenvalue weighted by atomic mass is 35.5. The lowest BCUT2D eigenvalue weighted by Gasteiger charge is -2.00. The lowest BCUT2D eigenvalue weighted by atomic mass is 10.3. The number of rotatable bonds is 3. The van der Waals surface area contributed by atoms with Crippen LogP contribution in [-0.4, -0.2) is 21.5 Å². The minimum Gasteiger partial charge on any atom is -0.429 e. The number of hydrogen-bond acceptors (Lipinski definition) is 4. The highest BCUT2D eigenvalue weighted by Crippen LogP contribution is 2.26. The molecule has 20 heavy (non-hydrogen) atoms. The smallest absolute Gasteiger partial charge is 0.298 e. The van der Waals surface area contributed by atoms with E-state index in [2.05, 4.69) is 10.2 Å². The third-order valence-electron chi connectivity index (χ3n) is 2.66.